The molecule has 0 radical (unpaired) electrons. The lowest BCUT2D eigenvalue weighted by Crippen LogP contribution is -2.43. The van der Waals surface area contributed by atoms with Crippen molar-refractivity contribution in [3.63, 3.8) is 0 Å². The maximum absolute atomic E-state index is 12.1. The van der Waals surface area contributed by atoms with Crippen LogP contribution < -0.4 is 0 Å². The van der Waals surface area contributed by atoms with E-state index in [0.29, 0.717) is 5.56 Å². The van der Waals surface area contributed by atoms with Crippen LogP contribution in [-0.2, 0) is 19.4 Å². The predicted octanol–water partition coefficient (Wildman–Crippen LogP) is 2.48. The van der Waals surface area contributed by atoms with Gasteiger partial charge in [-0.05, 0) is 17.7 Å². The minimum Gasteiger partial charge on any atom is -0.481 e. The van der Waals surface area contributed by atoms with Crippen LogP contribution in [0, 0.1) is 11.3 Å². The number of carboxylic acids is 2. The van der Waals surface area contributed by atoms with Crippen molar-refractivity contribution >= 4 is 21.8 Å². The van der Waals surface area contributed by atoms with Crippen LogP contribution in [0.3, 0.4) is 0 Å². The second-order valence-electron chi connectivity index (χ2n) is 6.31. The summed E-state index contributed by atoms with van der Waals surface area (Å²) in [7, 11) is -3.35. The Bertz CT molecular complexity index is 863. The largest absolute Gasteiger partial charge is 0.481 e. The van der Waals surface area contributed by atoms with E-state index in [2.05, 4.69) is 0 Å². The zero-order valence-corrected chi connectivity index (χ0v) is 14.9. The molecule has 1 aliphatic carbocycles. The normalized spacial score (nSPS) is 24.4. The second kappa shape index (κ2) is 6.48. The summed E-state index contributed by atoms with van der Waals surface area (Å²) >= 11 is 0. The van der Waals surface area contributed by atoms with Crippen LogP contribution in [0.1, 0.15) is 25.3 Å². The molecule has 0 saturated heterocycles. The molecule has 134 valence electrons. The summed E-state index contributed by atoms with van der Waals surface area (Å²) in [5.74, 6) is -3.59. The Labute approximate surface area is 146 Å². The molecule has 0 aromatic heterocycles. The quantitative estimate of drug-likeness (QED) is 0.831. The molecule has 3 atom stereocenters. The van der Waals surface area contributed by atoms with Gasteiger partial charge in [0.2, 0.25) is 0 Å². The molecular formula is C18H20O6S. The standard InChI is InChI=1S/C18H20O6S/c1-11(13-6-8-14(9-7-13)25(3,23)24)18(17(21)22)10-4-5-15(12(18)2)16(19)20/h4-12H,1-3H3,(H,19,20)(H,21,22). The third-order valence-corrected chi connectivity index (χ3v) is 6.10. The number of benzene rings is 1. The first-order valence-corrected chi connectivity index (χ1v) is 9.57. The van der Waals surface area contributed by atoms with E-state index < -0.39 is 39.0 Å². The summed E-state index contributed by atoms with van der Waals surface area (Å²) in [6, 6.07) is 6.01. The molecule has 0 bridgehead atoms. The summed E-state index contributed by atoms with van der Waals surface area (Å²) in [6.07, 6.45) is 5.48. The number of carboxylic acid groups (broad SMARTS) is 2. The minimum absolute atomic E-state index is 0.0320. The molecule has 0 saturated carbocycles. The van der Waals surface area contributed by atoms with Crippen LogP contribution in [0.25, 0.3) is 0 Å². The van der Waals surface area contributed by atoms with Gasteiger partial charge in [-0.3, -0.25) is 4.79 Å². The van der Waals surface area contributed by atoms with Crippen molar-refractivity contribution in [2.45, 2.75) is 24.7 Å². The first-order valence-electron chi connectivity index (χ1n) is 7.68. The monoisotopic (exact) mass is 364 g/mol. The van der Waals surface area contributed by atoms with Crippen LogP contribution in [0.2, 0.25) is 0 Å². The maximum Gasteiger partial charge on any atom is 0.331 e. The molecule has 0 aliphatic heterocycles. The van der Waals surface area contributed by atoms with E-state index in [1.807, 2.05) is 0 Å². The number of carbonyl (C=O) groups is 2. The van der Waals surface area contributed by atoms with E-state index in [9.17, 15) is 28.2 Å². The van der Waals surface area contributed by atoms with E-state index in [0.717, 1.165) is 6.26 Å². The number of hydrogen-bond acceptors (Lipinski definition) is 4. The maximum atomic E-state index is 12.1. The Morgan fingerprint density at radius 3 is 2.16 bits per heavy atom. The molecular weight excluding hydrogens is 344 g/mol. The Morgan fingerprint density at radius 1 is 1.16 bits per heavy atom. The number of allylic oxidation sites excluding steroid dienone is 2. The van der Waals surface area contributed by atoms with Crippen molar-refractivity contribution in [1.29, 1.82) is 0 Å². The fourth-order valence-corrected chi connectivity index (χ4v) is 3.98. The third-order valence-electron chi connectivity index (χ3n) is 4.97. The fraction of sp³-hybridized carbons (Fsp3) is 0.333. The second-order valence-corrected chi connectivity index (χ2v) is 8.32. The molecule has 2 N–H and O–H groups in total. The van der Waals surface area contributed by atoms with E-state index in [4.69, 9.17) is 0 Å². The van der Waals surface area contributed by atoms with E-state index in [1.54, 1.807) is 26.0 Å². The van der Waals surface area contributed by atoms with Crippen LogP contribution >= 0.6 is 0 Å². The lowest BCUT2D eigenvalue weighted by atomic mass is 9.61. The summed E-state index contributed by atoms with van der Waals surface area (Å²) in [4.78, 5) is 23.7. The molecule has 1 aromatic carbocycles. The molecule has 1 aromatic rings. The zero-order valence-electron chi connectivity index (χ0n) is 14.1. The SMILES string of the molecule is CC1C(C(=O)O)=CC=CC1(C(=O)O)C(C)c1ccc(S(C)(=O)=O)cc1. The Balaban J connectivity index is 2.51. The van der Waals surface area contributed by atoms with Gasteiger partial charge in [0.05, 0.1) is 10.3 Å². The Kier molecular flexibility index (Phi) is 4.90. The van der Waals surface area contributed by atoms with E-state index in [-0.39, 0.29) is 10.5 Å². The number of hydrogen-bond donors (Lipinski definition) is 2. The van der Waals surface area contributed by atoms with Crippen molar-refractivity contribution in [2.24, 2.45) is 11.3 Å². The van der Waals surface area contributed by atoms with Crippen molar-refractivity contribution in [2.75, 3.05) is 6.26 Å². The van der Waals surface area contributed by atoms with E-state index >= 15 is 0 Å². The van der Waals surface area contributed by atoms with Gasteiger partial charge < -0.3 is 10.2 Å². The van der Waals surface area contributed by atoms with Gasteiger partial charge in [0.1, 0.15) is 0 Å². The highest BCUT2D eigenvalue weighted by molar-refractivity contribution is 7.90. The molecule has 7 heteroatoms. The van der Waals surface area contributed by atoms with Crippen LogP contribution in [0.4, 0.5) is 0 Å². The van der Waals surface area contributed by atoms with Gasteiger partial charge in [-0.1, -0.05) is 44.2 Å². The smallest absolute Gasteiger partial charge is 0.331 e. The molecule has 6 nitrogen and oxygen atoms in total. The van der Waals surface area contributed by atoms with Crippen LogP contribution in [-0.4, -0.2) is 36.8 Å². The van der Waals surface area contributed by atoms with Crippen molar-refractivity contribution in [1.82, 2.24) is 0 Å². The number of aliphatic carboxylic acids is 2. The molecule has 0 amide bonds. The van der Waals surface area contributed by atoms with Crippen LogP contribution in [0.5, 0.6) is 0 Å². The molecule has 0 heterocycles. The number of rotatable bonds is 5. The number of sulfone groups is 1. The highest BCUT2D eigenvalue weighted by Gasteiger charge is 2.50. The lowest BCUT2D eigenvalue weighted by Gasteiger charge is -2.40. The predicted molar refractivity (Wildman–Crippen MR) is 92.1 cm³/mol. The average molecular weight is 364 g/mol. The van der Waals surface area contributed by atoms with Crippen molar-refractivity contribution < 1.29 is 28.2 Å². The molecule has 0 fully saturated rings. The third kappa shape index (κ3) is 3.24. The molecule has 3 unspecified atom stereocenters. The average Bonchev–Trinajstić information content (AvgIpc) is 2.53. The van der Waals surface area contributed by atoms with Gasteiger partial charge >= 0.3 is 11.9 Å². The topological polar surface area (TPSA) is 109 Å². The van der Waals surface area contributed by atoms with Gasteiger partial charge in [-0.2, -0.15) is 0 Å². The molecule has 1 aliphatic rings. The highest BCUT2D eigenvalue weighted by Crippen LogP contribution is 2.48. The molecule has 0 spiro atoms. The summed E-state index contributed by atoms with van der Waals surface area (Å²) in [5, 5.41) is 19.2. The summed E-state index contributed by atoms with van der Waals surface area (Å²) in [6.45, 7) is 3.29. The van der Waals surface area contributed by atoms with Crippen molar-refractivity contribution in [3.8, 4) is 0 Å². The first-order chi connectivity index (χ1) is 11.5. The Hall–Kier alpha value is -2.41. The highest BCUT2D eigenvalue weighted by atomic mass is 32.2. The fourth-order valence-electron chi connectivity index (χ4n) is 3.35. The van der Waals surface area contributed by atoms with Gasteiger partial charge in [-0.25, -0.2) is 13.2 Å². The summed E-state index contributed by atoms with van der Waals surface area (Å²) in [5.41, 5.74) is -0.780. The lowest BCUT2D eigenvalue weighted by molar-refractivity contribution is -0.149. The molecule has 25 heavy (non-hydrogen) atoms. The van der Waals surface area contributed by atoms with Gasteiger partial charge in [0.25, 0.3) is 0 Å². The van der Waals surface area contributed by atoms with Gasteiger partial charge in [-0.15, -0.1) is 0 Å². The van der Waals surface area contributed by atoms with E-state index in [1.165, 1.54) is 30.4 Å². The van der Waals surface area contributed by atoms with Crippen LogP contribution in [0.15, 0.2) is 53.0 Å². The zero-order chi connectivity index (χ0) is 19.0. The summed E-state index contributed by atoms with van der Waals surface area (Å²) < 4.78 is 23.2. The van der Waals surface area contributed by atoms with Crippen molar-refractivity contribution in [3.05, 3.63) is 53.6 Å². The first kappa shape index (κ1) is 18.9. The minimum atomic E-state index is -3.35. The van der Waals surface area contributed by atoms with Gasteiger partial charge in [0.15, 0.2) is 9.84 Å². The Morgan fingerprint density at radius 2 is 1.72 bits per heavy atom. The molecule has 2 rings (SSSR count). The van der Waals surface area contributed by atoms with Gasteiger partial charge in [0, 0.05) is 23.7 Å².